The molecule has 1 aliphatic heterocycles. The third kappa shape index (κ3) is 2.85. The van der Waals surface area contributed by atoms with Gasteiger partial charge in [-0.2, -0.15) is 0 Å². The van der Waals surface area contributed by atoms with Gasteiger partial charge in [0.2, 0.25) is 0 Å². The fourth-order valence-electron chi connectivity index (χ4n) is 1.18. The van der Waals surface area contributed by atoms with Gasteiger partial charge in [0.15, 0.2) is 0 Å². The summed E-state index contributed by atoms with van der Waals surface area (Å²) >= 11 is 2.55. The maximum absolute atomic E-state index is 3.43. The predicted molar refractivity (Wildman–Crippen MR) is 49.1 cm³/mol. The summed E-state index contributed by atoms with van der Waals surface area (Å²) in [6.45, 7) is 4.73. The molecule has 9 heavy (non-hydrogen) atoms. The average Bonchev–Trinajstić information content (AvgIpc) is 1.92. The predicted octanol–water partition coefficient (Wildman–Crippen LogP) is 1.95. The monoisotopic (exact) mass is 239 g/mol. The Morgan fingerprint density at radius 1 is 1.44 bits per heavy atom. The van der Waals surface area contributed by atoms with Crippen LogP contribution in [0.5, 0.6) is 0 Å². The lowest BCUT2D eigenvalue weighted by Gasteiger charge is -2.18. The molecule has 1 N–H and O–H groups in total. The van der Waals surface area contributed by atoms with Gasteiger partial charge >= 0.3 is 0 Å². The first-order valence-electron chi connectivity index (χ1n) is 3.60. The van der Waals surface area contributed by atoms with Crippen LogP contribution in [-0.2, 0) is 0 Å². The van der Waals surface area contributed by atoms with E-state index in [-0.39, 0.29) is 0 Å². The summed E-state index contributed by atoms with van der Waals surface area (Å²) in [5, 5.41) is 3.43. The summed E-state index contributed by atoms with van der Waals surface area (Å²) in [6.07, 6.45) is 4.13. The van der Waals surface area contributed by atoms with Crippen molar-refractivity contribution in [2.24, 2.45) is 0 Å². The fourth-order valence-corrected chi connectivity index (χ4v) is 1.83. The van der Waals surface area contributed by atoms with E-state index < -0.39 is 0 Å². The summed E-state index contributed by atoms with van der Waals surface area (Å²) in [7, 11) is 0. The van der Waals surface area contributed by atoms with Gasteiger partial charge in [0, 0.05) is 9.97 Å². The molecule has 1 rings (SSSR count). The van der Waals surface area contributed by atoms with Crippen molar-refractivity contribution in [3.63, 3.8) is 0 Å². The molecule has 54 valence electrons. The van der Waals surface area contributed by atoms with Crippen molar-refractivity contribution in [2.75, 3.05) is 13.1 Å². The van der Waals surface area contributed by atoms with Crippen LogP contribution in [0, 0.1) is 0 Å². The second-order valence-corrected chi connectivity index (χ2v) is 5.65. The molecule has 0 radical (unpaired) electrons. The highest BCUT2D eigenvalue weighted by molar-refractivity contribution is 14.1. The second kappa shape index (κ2) is 3.19. The molecule has 1 heterocycles. The minimum Gasteiger partial charge on any atom is -0.315 e. The smallest absolute Gasteiger partial charge is 0.0318 e. The molecule has 0 aromatic carbocycles. The highest BCUT2D eigenvalue weighted by atomic mass is 127. The standard InChI is InChI=1S/C7H14IN/c1-7(8)4-2-3-5-9-6-7/h9H,2-6H2,1H3. The van der Waals surface area contributed by atoms with Gasteiger partial charge in [0.25, 0.3) is 0 Å². The normalized spacial score (nSPS) is 38.0. The SMILES string of the molecule is CC1(I)CCCCNC1. The highest BCUT2D eigenvalue weighted by Crippen LogP contribution is 2.25. The summed E-state index contributed by atoms with van der Waals surface area (Å²) in [4.78, 5) is 0. The van der Waals surface area contributed by atoms with Gasteiger partial charge in [0.05, 0.1) is 0 Å². The topological polar surface area (TPSA) is 12.0 Å². The van der Waals surface area contributed by atoms with Crippen LogP contribution in [-0.4, -0.2) is 16.5 Å². The van der Waals surface area contributed by atoms with Crippen LogP contribution in [0.4, 0.5) is 0 Å². The molecule has 1 aliphatic rings. The maximum atomic E-state index is 3.43. The molecule has 0 bridgehead atoms. The molecule has 1 nitrogen and oxygen atoms in total. The lowest BCUT2D eigenvalue weighted by atomic mass is 10.1. The van der Waals surface area contributed by atoms with Crippen LogP contribution in [0.2, 0.25) is 0 Å². The Hall–Kier alpha value is 0.690. The third-order valence-electron chi connectivity index (χ3n) is 1.80. The van der Waals surface area contributed by atoms with E-state index in [9.17, 15) is 0 Å². The Balaban J connectivity index is 2.36. The van der Waals surface area contributed by atoms with E-state index in [1.165, 1.54) is 32.4 Å². The average molecular weight is 239 g/mol. The quantitative estimate of drug-likeness (QED) is 0.503. The number of nitrogens with one attached hydrogen (secondary N) is 1. The Bertz CT molecular complexity index is 80.9. The Kier molecular flexibility index (Phi) is 2.76. The number of alkyl halides is 1. The lowest BCUT2D eigenvalue weighted by molar-refractivity contribution is 0.601. The van der Waals surface area contributed by atoms with Crippen LogP contribution >= 0.6 is 22.6 Å². The first-order chi connectivity index (χ1) is 4.21. The van der Waals surface area contributed by atoms with E-state index >= 15 is 0 Å². The molecule has 0 aromatic rings. The van der Waals surface area contributed by atoms with Crippen molar-refractivity contribution in [1.82, 2.24) is 5.32 Å². The van der Waals surface area contributed by atoms with E-state index in [2.05, 4.69) is 34.8 Å². The van der Waals surface area contributed by atoms with E-state index in [1.807, 2.05) is 0 Å². The van der Waals surface area contributed by atoms with Gasteiger partial charge in [0.1, 0.15) is 0 Å². The van der Waals surface area contributed by atoms with Crippen LogP contribution in [0.1, 0.15) is 26.2 Å². The summed E-state index contributed by atoms with van der Waals surface area (Å²) in [6, 6.07) is 0. The van der Waals surface area contributed by atoms with Gasteiger partial charge in [-0.05, 0) is 26.3 Å². The number of hydrogen-bond acceptors (Lipinski definition) is 1. The molecule has 0 aliphatic carbocycles. The van der Waals surface area contributed by atoms with E-state index in [1.54, 1.807) is 0 Å². The maximum Gasteiger partial charge on any atom is 0.0318 e. The van der Waals surface area contributed by atoms with Gasteiger partial charge < -0.3 is 5.32 Å². The van der Waals surface area contributed by atoms with E-state index in [0.29, 0.717) is 3.42 Å². The zero-order valence-electron chi connectivity index (χ0n) is 5.91. The van der Waals surface area contributed by atoms with Crippen LogP contribution in [0.25, 0.3) is 0 Å². The van der Waals surface area contributed by atoms with Crippen LogP contribution in [0.15, 0.2) is 0 Å². The molecule has 1 fully saturated rings. The molecular weight excluding hydrogens is 225 g/mol. The Morgan fingerprint density at radius 2 is 2.22 bits per heavy atom. The summed E-state index contributed by atoms with van der Waals surface area (Å²) in [5.41, 5.74) is 0. The zero-order chi connectivity index (χ0) is 6.74. The van der Waals surface area contributed by atoms with Crippen LogP contribution in [0.3, 0.4) is 0 Å². The number of rotatable bonds is 0. The van der Waals surface area contributed by atoms with E-state index in [4.69, 9.17) is 0 Å². The van der Waals surface area contributed by atoms with Crippen LogP contribution < -0.4 is 5.32 Å². The summed E-state index contributed by atoms with van der Waals surface area (Å²) < 4.78 is 0.522. The highest BCUT2D eigenvalue weighted by Gasteiger charge is 2.20. The lowest BCUT2D eigenvalue weighted by Crippen LogP contribution is -2.29. The largest absolute Gasteiger partial charge is 0.315 e. The molecular formula is C7H14IN. The molecule has 0 spiro atoms. The second-order valence-electron chi connectivity index (χ2n) is 3.05. The van der Waals surface area contributed by atoms with Gasteiger partial charge in [-0.25, -0.2) is 0 Å². The molecule has 0 aromatic heterocycles. The zero-order valence-corrected chi connectivity index (χ0v) is 8.07. The minimum absolute atomic E-state index is 0.522. The van der Waals surface area contributed by atoms with Gasteiger partial charge in [-0.3, -0.25) is 0 Å². The van der Waals surface area contributed by atoms with Gasteiger partial charge in [-0.1, -0.05) is 29.0 Å². The Labute approximate surface area is 70.7 Å². The number of halogens is 1. The molecule has 1 unspecified atom stereocenters. The third-order valence-corrected chi connectivity index (χ3v) is 2.72. The number of hydrogen-bond donors (Lipinski definition) is 1. The molecule has 1 saturated heterocycles. The fraction of sp³-hybridized carbons (Fsp3) is 1.00. The van der Waals surface area contributed by atoms with Crippen molar-refractivity contribution >= 4 is 22.6 Å². The van der Waals surface area contributed by atoms with E-state index in [0.717, 1.165) is 0 Å². The Morgan fingerprint density at radius 3 is 3.00 bits per heavy atom. The first kappa shape index (κ1) is 7.79. The molecule has 1 atom stereocenters. The van der Waals surface area contributed by atoms with Crippen molar-refractivity contribution in [2.45, 2.75) is 29.6 Å². The van der Waals surface area contributed by atoms with Gasteiger partial charge in [-0.15, -0.1) is 0 Å². The minimum atomic E-state index is 0.522. The van der Waals surface area contributed by atoms with Crippen molar-refractivity contribution in [3.8, 4) is 0 Å². The van der Waals surface area contributed by atoms with Crippen molar-refractivity contribution < 1.29 is 0 Å². The van der Waals surface area contributed by atoms with Crippen molar-refractivity contribution in [3.05, 3.63) is 0 Å². The van der Waals surface area contributed by atoms with Crippen molar-refractivity contribution in [1.29, 1.82) is 0 Å². The molecule has 0 saturated carbocycles. The summed E-state index contributed by atoms with van der Waals surface area (Å²) in [5.74, 6) is 0. The molecule has 2 heteroatoms. The first-order valence-corrected chi connectivity index (χ1v) is 4.68. The molecule has 0 amide bonds.